The zero-order valence-electron chi connectivity index (χ0n) is 8.22. The summed E-state index contributed by atoms with van der Waals surface area (Å²) in [6, 6.07) is 0. The molecule has 1 aromatic heterocycles. The molecule has 1 aromatic rings. The van der Waals surface area contributed by atoms with E-state index in [0.29, 0.717) is 12.5 Å². The number of nitrogens with two attached hydrogens (primary N) is 1. The lowest BCUT2D eigenvalue weighted by molar-refractivity contribution is 0.435. The molecule has 1 saturated carbocycles. The van der Waals surface area contributed by atoms with E-state index >= 15 is 0 Å². The van der Waals surface area contributed by atoms with E-state index in [1.165, 1.54) is 37.8 Å². The second-order valence-corrected chi connectivity index (χ2v) is 4.68. The number of imidazole rings is 1. The molecule has 78 valence electrons. The Morgan fingerprint density at radius 1 is 1.36 bits per heavy atom. The Kier molecular flexibility index (Phi) is 3.23. The summed E-state index contributed by atoms with van der Waals surface area (Å²) < 4.78 is 0.818. The largest absolute Gasteiger partial charge is 0.335 e. The number of aromatic amines is 1. The molecular formula is C10H16BrN3. The van der Waals surface area contributed by atoms with Gasteiger partial charge in [0.1, 0.15) is 0 Å². The van der Waals surface area contributed by atoms with Crippen molar-refractivity contribution < 1.29 is 0 Å². The van der Waals surface area contributed by atoms with Gasteiger partial charge >= 0.3 is 0 Å². The highest BCUT2D eigenvalue weighted by molar-refractivity contribution is 9.10. The molecule has 1 aliphatic carbocycles. The molecule has 4 heteroatoms. The summed E-state index contributed by atoms with van der Waals surface area (Å²) in [7, 11) is 0. The summed E-state index contributed by atoms with van der Waals surface area (Å²) >= 11 is 3.37. The molecule has 0 unspecified atom stereocenters. The van der Waals surface area contributed by atoms with Crippen LogP contribution in [-0.2, 0) is 6.54 Å². The van der Waals surface area contributed by atoms with Crippen molar-refractivity contribution in [2.45, 2.75) is 44.6 Å². The van der Waals surface area contributed by atoms with Crippen molar-refractivity contribution in [2.75, 3.05) is 0 Å². The van der Waals surface area contributed by atoms with Crippen LogP contribution in [0.3, 0.4) is 0 Å². The first kappa shape index (κ1) is 10.2. The van der Waals surface area contributed by atoms with E-state index in [4.69, 9.17) is 5.73 Å². The molecule has 0 amide bonds. The van der Waals surface area contributed by atoms with E-state index in [-0.39, 0.29) is 0 Å². The number of rotatable bonds is 2. The lowest BCUT2D eigenvalue weighted by Gasteiger charge is -2.20. The second kappa shape index (κ2) is 4.45. The van der Waals surface area contributed by atoms with Gasteiger partial charge in [0.25, 0.3) is 0 Å². The second-order valence-electron chi connectivity index (χ2n) is 3.93. The van der Waals surface area contributed by atoms with E-state index in [0.717, 1.165) is 10.4 Å². The molecule has 0 spiro atoms. The van der Waals surface area contributed by atoms with Crippen molar-refractivity contribution in [3.8, 4) is 0 Å². The van der Waals surface area contributed by atoms with Crippen LogP contribution in [0.15, 0.2) is 4.73 Å². The third-order valence-corrected chi connectivity index (χ3v) is 3.35. The fraction of sp³-hybridized carbons (Fsp3) is 0.700. The quantitative estimate of drug-likeness (QED) is 0.856. The Morgan fingerprint density at radius 3 is 2.71 bits per heavy atom. The monoisotopic (exact) mass is 257 g/mol. The summed E-state index contributed by atoms with van der Waals surface area (Å²) in [4.78, 5) is 7.66. The normalized spacial score (nSPS) is 18.7. The van der Waals surface area contributed by atoms with Crippen LogP contribution in [0.25, 0.3) is 0 Å². The van der Waals surface area contributed by atoms with Crippen LogP contribution in [0, 0.1) is 0 Å². The van der Waals surface area contributed by atoms with Gasteiger partial charge in [-0.2, -0.15) is 0 Å². The van der Waals surface area contributed by atoms with Gasteiger partial charge in [0.15, 0.2) is 4.73 Å². The maximum Gasteiger partial charge on any atom is 0.174 e. The zero-order valence-corrected chi connectivity index (χ0v) is 9.81. The lowest BCUT2D eigenvalue weighted by atomic mass is 9.86. The zero-order chi connectivity index (χ0) is 9.97. The molecular weight excluding hydrogens is 242 g/mol. The predicted molar refractivity (Wildman–Crippen MR) is 60.0 cm³/mol. The fourth-order valence-corrected chi connectivity index (χ4v) is 2.69. The molecule has 2 rings (SSSR count). The smallest absolute Gasteiger partial charge is 0.174 e. The highest BCUT2D eigenvalue weighted by atomic mass is 79.9. The minimum atomic E-state index is 0.560. The van der Waals surface area contributed by atoms with Crippen LogP contribution in [0.4, 0.5) is 0 Å². The Bertz CT molecular complexity index is 302. The van der Waals surface area contributed by atoms with Gasteiger partial charge in [0.05, 0.1) is 11.4 Å². The van der Waals surface area contributed by atoms with Crippen LogP contribution in [0.2, 0.25) is 0 Å². The highest BCUT2D eigenvalue weighted by Crippen LogP contribution is 2.33. The third-order valence-electron chi connectivity index (χ3n) is 2.98. The molecule has 1 aliphatic rings. The molecule has 0 saturated heterocycles. The Hall–Kier alpha value is -0.350. The molecule has 0 aromatic carbocycles. The van der Waals surface area contributed by atoms with E-state index in [9.17, 15) is 0 Å². The highest BCUT2D eigenvalue weighted by Gasteiger charge is 2.21. The number of H-pyrrole nitrogens is 1. The van der Waals surface area contributed by atoms with Crippen molar-refractivity contribution in [1.29, 1.82) is 0 Å². The van der Waals surface area contributed by atoms with E-state index in [1.54, 1.807) is 0 Å². The van der Waals surface area contributed by atoms with Gasteiger partial charge in [0.2, 0.25) is 0 Å². The number of aromatic nitrogens is 2. The number of halogens is 1. The molecule has 3 N–H and O–H groups in total. The van der Waals surface area contributed by atoms with Gasteiger partial charge in [0, 0.05) is 12.5 Å². The van der Waals surface area contributed by atoms with Gasteiger partial charge in [-0.05, 0) is 28.8 Å². The van der Waals surface area contributed by atoms with Gasteiger partial charge < -0.3 is 10.7 Å². The number of hydrogen-bond donors (Lipinski definition) is 2. The Balaban J connectivity index is 2.20. The maximum atomic E-state index is 5.68. The molecule has 0 radical (unpaired) electrons. The standard InChI is InChI=1S/C10H16BrN3/c11-10-13-8(6-12)9(14-10)7-4-2-1-3-5-7/h7H,1-6,12H2,(H,13,14). The molecule has 1 heterocycles. The maximum absolute atomic E-state index is 5.68. The van der Waals surface area contributed by atoms with E-state index < -0.39 is 0 Å². The van der Waals surface area contributed by atoms with Gasteiger partial charge in [-0.25, -0.2) is 4.98 Å². The predicted octanol–water partition coefficient (Wildman–Crippen LogP) is 2.68. The average molecular weight is 258 g/mol. The first-order valence-corrected chi connectivity index (χ1v) is 6.05. The minimum absolute atomic E-state index is 0.560. The van der Waals surface area contributed by atoms with Crippen LogP contribution in [0.1, 0.15) is 49.4 Å². The summed E-state index contributed by atoms with van der Waals surface area (Å²) in [5, 5.41) is 0. The van der Waals surface area contributed by atoms with E-state index in [1.807, 2.05) is 0 Å². The molecule has 0 atom stereocenters. The van der Waals surface area contributed by atoms with Crippen LogP contribution in [0.5, 0.6) is 0 Å². The fourth-order valence-electron chi connectivity index (χ4n) is 2.26. The SMILES string of the molecule is NCc1[nH]c(Br)nc1C1CCCCC1. The summed E-state index contributed by atoms with van der Waals surface area (Å²) in [6.07, 6.45) is 6.58. The van der Waals surface area contributed by atoms with Crippen molar-refractivity contribution >= 4 is 15.9 Å². The number of nitrogens with zero attached hydrogens (tertiary/aromatic N) is 1. The Labute approximate surface area is 92.6 Å². The van der Waals surface area contributed by atoms with Crippen LogP contribution in [-0.4, -0.2) is 9.97 Å². The van der Waals surface area contributed by atoms with Crippen molar-refractivity contribution in [3.05, 3.63) is 16.1 Å². The van der Waals surface area contributed by atoms with Crippen LogP contribution >= 0.6 is 15.9 Å². The topological polar surface area (TPSA) is 54.7 Å². The van der Waals surface area contributed by atoms with Gasteiger partial charge in [-0.1, -0.05) is 19.3 Å². The molecule has 14 heavy (non-hydrogen) atoms. The molecule has 3 nitrogen and oxygen atoms in total. The minimum Gasteiger partial charge on any atom is -0.335 e. The summed E-state index contributed by atoms with van der Waals surface area (Å²) in [5.74, 6) is 0.629. The number of hydrogen-bond acceptors (Lipinski definition) is 2. The Morgan fingerprint density at radius 2 is 2.07 bits per heavy atom. The molecule has 1 fully saturated rings. The van der Waals surface area contributed by atoms with Gasteiger partial charge in [-0.3, -0.25) is 0 Å². The summed E-state index contributed by atoms with van der Waals surface area (Å²) in [6.45, 7) is 0.560. The first-order valence-electron chi connectivity index (χ1n) is 5.25. The average Bonchev–Trinajstić information content (AvgIpc) is 2.61. The first-order chi connectivity index (χ1) is 6.81. The molecule has 0 bridgehead atoms. The van der Waals surface area contributed by atoms with E-state index in [2.05, 4.69) is 25.9 Å². The number of nitrogens with one attached hydrogen (secondary N) is 1. The van der Waals surface area contributed by atoms with Crippen molar-refractivity contribution in [3.63, 3.8) is 0 Å². The van der Waals surface area contributed by atoms with Gasteiger partial charge in [-0.15, -0.1) is 0 Å². The summed E-state index contributed by atoms with van der Waals surface area (Å²) in [5.41, 5.74) is 7.97. The van der Waals surface area contributed by atoms with Crippen molar-refractivity contribution in [2.24, 2.45) is 5.73 Å². The molecule has 0 aliphatic heterocycles. The third kappa shape index (κ3) is 2.01. The van der Waals surface area contributed by atoms with Crippen molar-refractivity contribution in [1.82, 2.24) is 9.97 Å². The lowest BCUT2D eigenvalue weighted by Crippen LogP contribution is -2.09. The van der Waals surface area contributed by atoms with Crippen LogP contribution < -0.4 is 5.73 Å².